The van der Waals surface area contributed by atoms with Crippen LogP contribution in [0.4, 0.5) is 5.69 Å². The molecule has 0 saturated heterocycles. The lowest BCUT2D eigenvalue weighted by Gasteiger charge is -2.12. The number of rotatable bonds is 6. The zero-order valence-corrected chi connectivity index (χ0v) is 13.0. The van der Waals surface area contributed by atoms with Crippen LogP contribution in [-0.2, 0) is 4.79 Å². The van der Waals surface area contributed by atoms with Crippen molar-refractivity contribution in [1.29, 1.82) is 0 Å². The zero-order chi connectivity index (χ0) is 15.7. The van der Waals surface area contributed by atoms with E-state index in [2.05, 4.69) is 28.1 Å². The summed E-state index contributed by atoms with van der Waals surface area (Å²) in [6.07, 6.45) is 0. The molecule has 0 radical (unpaired) electrons. The van der Waals surface area contributed by atoms with E-state index in [4.69, 9.17) is 17.0 Å². The minimum Gasteiger partial charge on any atom is -0.497 e. The van der Waals surface area contributed by atoms with Gasteiger partial charge in [-0.25, -0.2) is 0 Å². The fourth-order valence-corrected chi connectivity index (χ4v) is 1.48. The van der Waals surface area contributed by atoms with Crippen LogP contribution in [-0.4, -0.2) is 31.2 Å². The molecule has 1 aromatic rings. The van der Waals surface area contributed by atoms with Crippen LogP contribution in [0, 0.1) is 0 Å². The molecule has 6 nitrogen and oxygen atoms in total. The Kier molecular flexibility index (Phi) is 7.03. The first-order valence-electron chi connectivity index (χ1n) is 6.36. The lowest BCUT2D eigenvalue weighted by molar-refractivity contribution is -0.119. The van der Waals surface area contributed by atoms with E-state index < -0.39 is 0 Å². The van der Waals surface area contributed by atoms with Gasteiger partial charge in [-0.3, -0.25) is 15.6 Å². The van der Waals surface area contributed by atoms with Crippen LogP contribution >= 0.6 is 12.2 Å². The molecule has 0 aliphatic rings. The van der Waals surface area contributed by atoms with Crippen molar-refractivity contribution in [3.63, 3.8) is 0 Å². The van der Waals surface area contributed by atoms with E-state index in [1.54, 1.807) is 13.2 Å². The van der Waals surface area contributed by atoms with Gasteiger partial charge in [0.25, 0.3) is 5.91 Å². The second-order valence-electron chi connectivity index (χ2n) is 4.40. The van der Waals surface area contributed by atoms with Crippen LogP contribution in [0.2, 0.25) is 0 Å². The van der Waals surface area contributed by atoms with Gasteiger partial charge in [0.15, 0.2) is 5.11 Å². The Bertz CT molecular complexity index is 519. The smallest absolute Gasteiger partial charge is 0.257 e. The molecule has 0 atom stereocenters. The van der Waals surface area contributed by atoms with Gasteiger partial charge < -0.3 is 15.4 Å². The summed E-state index contributed by atoms with van der Waals surface area (Å²) in [6.45, 7) is 6.30. The molecule has 0 unspecified atom stereocenters. The van der Waals surface area contributed by atoms with Crippen LogP contribution in [0.25, 0.3) is 0 Å². The fraction of sp³-hybridized carbons (Fsp3) is 0.286. The molecule has 114 valence electrons. The number of thiocarbonyl (C=S) groups is 1. The van der Waals surface area contributed by atoms with E-state index in [9.17, 15) is 4.79 Å². The Morgan fingerprint density at radius 3 is 2.76 bits per heavy atom. The van der Waals surface area contributed by atoms with Gasteiger partial charge in [-0.05, 0) is 31.3 Å². The molecule has 0 aromatic heterocycles. The Morgan fingerprint density at radius 2 is 2.10 bits per heavy atom. The van der Waals surface area contributed by atoms with Gasteiger partial charge in [0.2, 0.25) is 0 Å². The average molecular weight is 308 g/mol. The van der Waals surface area contributed by atoms with Gasteiger partial charge >= 0.3 is 0 Å². The molecule has 1 aromatic carbocycles. The van der Waals surface area contributed by atoms with Crippen molar-refractivity contribution < 1.29 is 9.53 Å². The first-order chi connectivity index (χ1) is 10.0. The third-order valence-corrected chi connectivity index (χ3v) is 2.64. The number of ether oxygens (including phenoxy) is 1. The van der Waals surface area contributed by atoms with Gasteiger partial charge in [0.05, 0.1) is 13.7 Å². The average Bonchev–Trinajstić information content (AvgIpc) is 2.49. The minimum absolute atomic E-state index is 0.114. The lowest BCUT2D eigenvalue weighted by atomic mass is 10.3. The molecule has 0 aliphatic carbocycles. The number of hydrogen-bond donors (Lipinski definition) is 4. The standard InChI is InChI=1S/C14H20N4O2S/c1-10(2)8-16-14(21)18-17-13(19)9-15-11-5-4-6-12(7-11)20-3/h4-7,15H,1,8-9H2,2-3H3,(H,17,19)(H2,16,18,21). The normalized spacial score (nSPS) is 9.43. The number of hydrazine groups is 1. The van der Waals surface area contributed by atoms with E-state index in [-0.39, 0.29) is 12.5 Å². The van der Waals surface area contributed by atoms with Crippen molar-refractivity contribution >= 4 is 28.9 Å². The highest BCUT2D eigenvalue weighted by Gasteiger charge is 2.02. The monoisotopic (exact) mass is 308 g/mol. The van der Waals surface area contributed by atoms with Crippen LogP contribution in [0.5, 0.6) is 5.75 Å². The highest BCUT2D eigenvalue weighted by atomic mass is 32.1. The van der Waals surface area contributed by atoms with Crippen LogP contribution in [0.15, 0.2) is 36.4 Å². The number of anilines is 1. The van der Waals surface area contributed by atoms with E-state index in [0.29, 0.717) is 11.7 Å². The molecule has 0 saturated carbocycles. The van der Waals surface area contributed by atoms with Crippen molar-refractivity contribution in [3.8, 4) is 5.75 Å². The zero-order valence-electron chi connectivity index (χ0n) is 12.2. The summed E-state index contributed by atoms with van der Waals surface area (Å²) >= 11 is 4.99. The van der Waals surface area contributed by atoms with Gasteiger partial charge in [-0.1, -0.05) is 18.2 Å². The molecule has 0 bridgehead atoms. The van der Waals surface area contributed by atoms with Crippen molar-refractivity contribution in [1.82, 2.24) is 16.2 Å². The Hall–Kier alpha value is -2.28. The molecular weight excluding hydrogens is 288 g/mol. The number of hydrogen-bond acceptors (Lipinski definition) is 4. The molecule has 0 aliphatic heterocycles. The SMILES string of the molecule is C=C(C)CNC(=S)NNC(=O)CNc1cccc(OC)c1. The first kappa shape index (κ1) is 16.8. The number of amides is 1. The molecule has 7 heteroatoms. The molecule has 1 amide bonds. The van der Waals surface area contributed by atoms with Crippen LogP contribution in [0.1, 0.15) is 6.92 Å². The molecular formula is C14H20N4O2S. The molecule has 0 heterocycles. The van der Waals surface area contributed by atoms with Gasteiger partial charge in [0, 0.05) is 18.3 Å². The molecule has 21 heavy (non-hydrogen) atoms. The lowest BCUT2D eigenvalue weighted by Crippen LogP contribution is -2.48. The predicted octanol–water partition coefficient (Wildman–Crippen LogP) is 1.18. The molecule has 0 spiro atoms. The van der Waals surface area contributed by atoms with E-state index >= 15 is 0 Å². The topological polar surface area (TPSA) is 74.4 Å². The maximum Gasteiger partial charge on any atom is 0.257 e. The van der Waals surface area contributed by atoms with E-state index in [1.807, 2.05) is 25.1 Å². The van der Waals surface area contributed by atoms with E-state index in [1.165, 1.54) is 0 Å². The number of carbonyl (C=O) groups is 1. The van der Waals surface area contributed by atoms with Gasteiger partial charge in [-0.2, -0.15) is 0 Å². The Morgan fingerprint density at radius 1 is 1.33 bits per heavy atom. The van der Waals surface area contributed by atoms with Crippen LogP contribution < -0.4 is 26.2 Å². The summed E-state index contributed by atoms with van der Waals surface area (Å²) in [5.41, 5.74) is 6.85. The molecule has 0 fully saturated rings. The van der Waals surface area contributed by atoms with Gasteiger partial charge in [0.1, 0.15) is 5.75 Å². The number of nitrogens with one attached hydrogen (secondary N) is 4. The number of methoxy groups -OCH3 is 1. The third kappa shape index (κ3) is 7.17. The summed E-state index contributed by atoms with van der Waals surface area (Å²) < 4.78 is 5.10. The van der Waals surface area contributed by atoms with Crippen molar-refractivity contribution in [2.45, 2.75) is 6.92 Å². The maximum absolute atomic E-state index is 11.6. The summed E-state index contributed by atoms with van der Waals surface area (Å²) in [5, 5.41) is 6.22. The second-order valence-corrected chi connectivity index (χ2v) is 4.81. The summed E-state index contributed by atoms with van der Waals surface area (Å²) in [7, 11) is 1.59. The highest BCUT2D eigenvalue weighted by molar-refractivity contribution is 7.80. The minimum atomic E-state index is -0.239. The Balaban J connectivity index is 2.27. The van der Waals surface area contributed by atoms with E-state index in [0.717, 1.165) is 17.0 Å². The summed E-state index contributed by atoms with van der Waals surface area (Å²) in [4.78, 5) is 11.6. The second kappa shape index (κ2) is 8.80. The van der Waals surface area contributed by atoms with Crippen molar-refractivity contribution in [2.24, 2.45) is 0 Å². The van der Waals surface area contributed by atoms with Gasteiger partial charge in [-0.15, -0.1) is 0 Å². The summed E-state index contributed by atoms with van der Waals surface area (Å²) in [6, 6.07) is 7.33. The maximum atomic E-state index is 11.6. The van der Waals surface area contributed by atoms with Crippen molar-refractivity contribution in [2.75, 3.05) is 25.5 Å². The van der Waals surface area contributed by atoms with Crippen LogP contribution in [0.3, 0.4) is 0 Å². The largest absolute Gasteiger partial charge is 0.497 e. The molecule has 4 N–H and O–H groups in total. The number of benzene rings is 1. The molecule has 1 rings (SSSR count). The predicted molar refractivity (Wildman–Crippen MR) is 88.2 cm³/mol. The number of carbonyl (C=O) groups excluding carboxylic acids is 1. The highest BCUT2D eigenvalue weighted by Crippen LogP contribution is 2.16. The van der Waals surface area contributed by atoms with Crippen molar-refractivity contribution in [3.05, 3.63) is 36.4 Å². The summed E-state index contributed by atoms with van der Waals surface area (Å²) in [5.74, 6) is 0.487. The first-order valence-corrected chi connectivity index (χ1v) is 6.77. The Labute approximate surface area is 129 Å². The quantitative estimate of drug-likeness (QED) is 0.359. The third-order valence-electron chi connectivity index (χ3n) is 2.39. The fourth-order valence-electron chi connectivity index (χ4n) is 1.36.